The van der Waals surface area contributed by atoms with Gasteiger partial charge in [0.05, 0.1) is 10.6 Å². The Balaban J connectivity index is 2.16. The van der Waals surface area contributed by atoms with Crippen LogP contribution in [0.3, 0.4) is 0 Å². The van der Waals surface area contributed by atoms with Crippen LogP contribution in [-0.2, 0) is 7.05 Å². The lowest BCUT2D eigenvalue weighted by Gasteiger charge is -2.05. The first-order valence-electron chi connectivity index (χ1n) is 5.24. The molecule has 2 N–H and O–H groups in total. The number of nitrogens with zero attached hydrogens (tertiary/aromatic N) is 3. The first-order chi connectivity index (χ1) is 8.60. The number of halogens is 1. The van der Waals surface area contributed by atoms with Crippen molar-refractivity contribution in [3.05, 3.63) is 35.1 Å². The highest BCUT2D eigenvalue weighted by Crippen LogP contribution is 2.19. The molecule has 2 rings (SSSR count). The van der Waals surface area contributed by atoms with Crippen molar-refractivity contribution >= 4 is 29.1 Å². The quantitative estimate of drug-likeness (QED) is 0.887. The number of hydrogen-bond acceptors (Lipinski definition) is 4. The zero-order valence-corrected chi connectivity index (χ0v) is 10.7. The Morgan fingerprint density at radius 2 is 2.28 bits per heavy atom. The number of pyridine rings is 1. The molecule has 0 radical (unpaired) electrons. The molecule has 0 aliphatic rings. The standard InChI is InChI=1S/C11H12ClN5O/c1-13-10-8(12)5-7(6-14-10)11(18)15-9-3-4-17(2)16-9/h3-6H,1-2H3,(H,13,14)(H,15,16,18). The summed E-state index contributed by atoms with van der Waals surface area (Å²) in [6.45, 7) is 0. The molecule has 2 heterocycles. The lowest BCUT2D eigenvalue weighted by Crippen LogP contribution is -2.13. The fraction of sp³-hybridized carbons (Fsp3) is 0.182. The number of aryl methyl sites for hydroxylation is 1. The molecule has 2 aromatic heterocycles. The summed E-state index contributed by atoms with van der Waals surface area (Å²) in [6, 6.07) is 3.26. The van der Waals surface area contributed by atoms with Gasteiger partial charge in [-0.25, -0.2) is 4.98 Å². The fourth-order valence-corrected chi connectivity index (χ4v) is 1.68. The summed E-state index contributed by atoms with van der Waals surface area (Å²) in [6.07, 6.45) is 3.20. The van der Waals surface area contributed by atoms with E-state index in [1.165, 1.54) is 6.20 Å². The Morgan fingerprint density at radius 3 is 2.83 bits per heavy atom. The molecule has 0 aliphatic carbocycles. The molecule has 18 heavy (non-hydrogen) atoms. The van der Waals surface area contributed by atoms with Crippen LogP contribution in [0.15, 0.2) is 24.5 Å². The highest BCUT2D eigenvalue weighted by atomic mass is 35.5. The van der Waals surface area contributed by atoms with E-state index in [4.69, 9.17) is 11.6 Å². The second-order valence-electron chi connectivity index (χ2n) is 3.63. The van der Waals surface area contributed by atoms with Gasteiger partial charge in [-0.1, -0.05) is 11.6 Å². The van der Waals surface area contributed by atoms with Crippen molar-refractivity contribution in [1.29, 1.82) is 0 Å². The molecule has 0 aromatic carbocycles. The zero-order chi connectivity index (χ0) is 13.1. The Hall–Kier alpha value is -2.08. The maximum Gasteiger partial charge on any atom is 0.258 e. The van der Waals surface area contributed by atoms with Crippen molar-refractivity contribution in [1.82, 2.24) is 14.8 Å². The van der Waals surface area contributed by atoms with Gasteiger partial charge >= 0.3 is 0 Å². The fourth-order valence-electron chi connectivity index (χ4n) is 1.42. The van der Waals surface area contributed by atoms with Crippen molar-refractivity contribution in [3.63, 3.8) is 0 Å². The number of amides is 1. The Bertz CT molecular complexity index is 581. The van der Waals surface area contributed by atoms with Crippen molar-refractivity contribution in [2.75, 3.05) is 17.7 Å². The topological polar surface area (TPSA) is 71.8 Å². The first-order valence-corrected chi connectivity index (χ1v) is 5.62. The molecule has 0 spiro atoms. The number of nitrogens with one attached hydrogen (secondary N) is 2. The summed E-state index contributed by atoms with van der Waals surface area (Å²) in [7, 11) is 3.48. The average Bonchev–Trinajstić information content (AvgIpc) is 2.74. The van der Waals surface area contributed by atoms with Crippen LogP contribution in [0.5, 0.6) is 0 Å². The van der Waals surface area contributed by atoms with Gasteiger partial charge in [0.15, 0.2) is 5.82 Å². The number of rotatable bonds is 3. The molecule has 0 saturated carbocycles. The maximum absolute atomic E-state index is 11.9. The van der Waals surface area contributed by atoms with E-state index in [1.807, 2.05) is 0 Å². The summed E-state index contributed by atoms with van der Waals surface area (Å²) in [4.78, 5) is 15.9. The maximum atomic E-state index is 11.9. The van der Waals surface area contributed by atoms with E-state index in [-0.39, 0.29) is 5.91 Å². The first kappa shape index (κ1) is 12.4. The highest BCUT2D eigenvalue weighted by molar-refractivity contribution is 6.33. The van der Waals surface area contributed by atoms with Crippen LogP contribution in [0.25, 0.3) is 0 Å². The largest absolute Gasteiger partial charge is 0.372 e. The van der Waals surface area contributed by atoms with Crippen molar-refractivity contribution in [2.45, 2.75) is 0 Å². The van der Waals surface area contributed by atoms with Crippen LogP contribution < -0.4 is 10.6 Å². The summed E-state index contributed by atoms with van der Waals surface area (Å²) < 4.78 is 1.60. The summed E-state index contributed by atoms with van der Waals surface area (Å²) >= 11 is 5.96. The molecule has 0 bridgehead atoms. The van der Waals surface area contributed by atoms with E-state index in [2.05, 4.69) is 20.7 Å². The molecular formula is C11H12ClN5O. The van der Waals surface area contributed by atoms with E-state index >= 15 is 0 Å². The second kappa shape index (κ2) is 5.05. The van der Waals surface area contributed by atoms with Gasteiger partial charge in [-0.15, -0.1) is 0 Å². The minimum Gasteiger partial charge on any atom is -0.372 e. The molecule has 7 heteroatoms. The zero-order valence-electron chi connectivity index (χ0n) is 9.94. The van der Waals surface area contributed by atoms with Crippen molar-refractivity contribution in [2.24, 2.45) is 7.05 Å². The molecule has 6 nitrogen and oxygen atoms in total. The normalized spacial score (nSPS) is 10.2. The SMILES string of the molecule is CNc1ncc(C(=O)Nc2ccn(C)n2)cc1Cl. The van der Waals surface area contributed by atoms with E-state index in [1.54, 1.807) is 37.1 Å². The van der Waals surface area contributed by atoms with E-state index in [0.717, 1.165) is 0 Å². The van der Waals surface area contributed by atoms with Crippen LogP contribution in [0.1, 0.15) is 10.4 Å². The van der Waals surface area contributed by atoms with Crippen LogP contribution in [0, 0.1) is 0 Å². The van der Waals surface area contributed by atoms with Gasteiger partial charge in [-0.05, 0) is 6.07 Å². The summed E-state index contributed by atoms with van der Waals surface area (Å²) in [5.74, 6) is 0.716. The molecule has 94 valence electrons. The number of carbonyl (C=O) groups excluding carboxylic acids is 1. The molecule has 0 aliphatic heterocycles. The Morgan fingerprint density at radius 1 is 1.50 bits per heavy atom. The third-order valence-corrected chi connectivity index (χ3v) is 2.58. The summed E-state index contributed by atoms with van der Waals surface area (Å²) in [5, 5.41) is 9.92. The van der Waals surface area contributed by atoms with E-state index < -0.39 is 0 Å². The third-order valence-electron chi connectivity index (χ3n) is 2.30. The second-order valence-corrected chi connectivity index (χ2v) is 4.04. The van der Waals surface area contributed by atoms with Gasteiger partial charge in [0, 0.05) is 32.6 Å². The van der Waals surface area contributed by atoms with E-state index in [0.29, 0.717) is 22.2 Å². The molecule has 1 amide bonds. The van der Waals surface area contributed by atoms with Crippen molar-refractivity contribution in [3.8, 4) is 0 Å². The van der Waals surface area contributed by atoms with Gasteiger partial charge in [0.2, 0.25) is 0 Å². The van der Waals surface area contributed by atoms with Gasteiger partial charge in [0.1, 0.15) is 5.82 Å². The average molecular weight is 266 g/mol. The lowest BCUT2D eigenvalue weighted by atomic mass is 10.2. The number of anilines is 2. The molecular weight excluding hydrogens is 254 g/mol. The monoisotopic (exact) mass is 265 g/mol. The van der Waals surface area contributed by atoms with Gasteiger partial charge in [-0.2, -0.15) is 5.10 Å². The predicted octanol–water partition coefficient (Wildman–Crippen LogP) is 1.76. The van der Waals surface area contributed by atoms with Gasteiger partial charge in [-0.3, -0.25) is 9.48 Å². The van der Waals surface area contributed by atoms with Crippen LogP contribution in [0.4, 0.5) is 11.6 Å². The van der Waals surface area contributed by atoms with Crippen LogP contribution in [-0.4, -0.2) is 27.7 Å². The Kier molecular flexibility index (Phi) is 3.47. The van der Waals surface area contributed by atoms with E-state index in [9.17, 15) is 4.79 Å². The summed E-state index contributed by atoms with van der Waals surface area (Å²) in [5.41, 5.74) is 0.379. The predicted molar refractivity (Wildman–Crippen MR) is 70.0 cm³/mol. The van der Waals surface area contributed by atoms with Crippen molar-refractivity contribution < 1.29 is 4.79 Å². The molecule has 0 atom stereocenters. The molecule has 0 fully saturated rings. The molecule has 0 unspecified atom stereocenters. The van der Waals surface area contributed by atoms with Gasteiger partial charge in [0.25, 0.3) is 5.91 Å². The third kappa shape index (κ3) is 2.60. The minimum atomic E-state index is -0.300. The van der Waals surface area contributed by atoms with Gasteiger partial charge < -0.3 is 10.6 Å². The number of aromatic nitrogens is 3. The number of carbonyl (C=O) groups is 1. The Labute approximate surface area is 109 Å². The highest BCUT2D eigenvalue weighted by Gasteiger charge is 2.10. The minimum absolute atomic E-state index is 0.300. The van der Waals surface area contributed by atoms with Crippen LogP contribution in [0.2, 0.25) is 5.02 Å². The lowest BCUT2D eigenvalue weighted by molar-refractivity contribution is 0.102. The molecule has 0 saturated heterocycles. The van der Waals surface area contributed by atoms with Crippen LogP contribution >= 0.6 is 11.6 Å². The number of hydrogen-bond donors (Lipinski definition) is 2. The smallest absolute Gasteiger partial charge is 0.258 e. The molecule has 2 aromatic rings.